The predicted molar refractivity (Wildman–Crippen MR) is 95.5 cm³/mol. The van der Waals surface area contributed by atoms with E-state index in [4.69, 9.17) is 0 Å². The van der Waals surface area contributed by atoms with Crippen molar-refractivity contribution in [2.45, 2.75) is 64.9 Å². The van der Waals surface area contributed by atoms with E-state index in [0.29, 0.717) is 17.9 Å². The molecule has 1 aromatic rings. The first kappa shape index (κ1) is 17.9. The van der Waals surface area contributed by atoms with Crippen LogP contribution in [0, 0.1) is 11.8 Å². The van der Waals surface area contributed by atoms with Crippen LogP contribution in [0.4, 0.5) is 0 Å². The number of Topliss-reactive ketones (excluding diaryl/α,β-unsaturated/α-hetero) is 1. The van der Waals surface area contributed by atoms with Crippen molar-refractivity contribution >= 4 is 5.78 Å². The standard InChI is InChI=1S/C21H30O2/c1-16(2)15-21(23,20(22)19-12-8-5-9-13-19)17(3)14-18-10-6-4-7-11-18/h5,8-9,12-14,16,18,23H,4,6-7,10-11,15H2,1-3H3/b17-14+/t21-/m0/s1. The maximum absolute atomic E-state index is 13.0. The number of aliphatic hydroxyl groups is 1. The van der Waals surface area contributed by atoms with Gasteiger partial charge in [-0.1, -0.05) is 69.5 Å². The van der Waals surface area contributed by atoms with Gasteiger partial charge in [0.15, 0.2) is 5.78 Å². The average Bonchev–Trinajstić information content (AvgIpc) is 2.55. The molecule has 1 aromatic carbocycles. The molecule has 126 valence electrons. The fourth-order valence-electron chi connectivity index (χ4n) is 3.64. The van der Waals surface area contributed by atoms with Gasteiger partial charge in [0.05, 0.1) is 0 Å². The fraction of sp³-hybridized carbons (Fsp3) is 0.571. The van der Waals surface area contributed by atoms with Gasteiger partial charge in [-0.15, -0.1) is 0 Å². The molecule has 0 heterocycles. The molecule has 2 nitrogen and oxygen atoms in total. The monoisotopic (exact) mass is 314 g/mol. The Kier molecular flexibility index (Phi) is 6.17. The molecule has 1 aliphatic rings. The topological polar surface area (TPSA) is 37.3 Å². The van der Waals surface area contributed by atoms with Crippen LogP contribution in [0.3, 0.4) is 0 Å². The van der Waals surface area contributed by atoms with Crippen molar-refractivity contribution in [3.05, 3.63) is 47.5 Å². The third-order valence-electron chi connectivity index (χ3n) is 4.90. The van der Waals surface area contributed by atoms with Gasteiger partial charge in [-0.25, -0.2) is 0 Å². The van der Waals surface area contributed by atoms with Gasteiger partial charge < -0.3 is 5.11 Å². The molecule has 0 aliphatic heterocycles. The van der Waals surface area contributed by atoms with Gasteiger partial charge in [0.2, 0.25) is 0 Å². The molecule has 0 unspecified atom stereocenters. The fourth-order valence-corrected chi connectivity index (χ4v) is 3.64. The summed E-state index contributed by atoms with van der Waals surface area (Å²) in [4.78, 5) is 13.0. The molecule has 2 rings (SSSR count). The molecule has 0 saturated heterocycles. The van der Waals surface area contributed by atoms with Crippen LogP contribution in [-0.2, 0) is 0 Å². The van der Waals surface area contributed by atoms with Gasteiger partial charge in [-0.05, 0) is 43.6 Å². The molecular formula is C21H30O2. The first-order valence-corrected chi connectivity index (χ1v) is 8.94. The Morgan fingerprint density at radius 1 is 1.22 bits per heavy atom. The number of hydrogen-bond acceptors (Lipinski definition) is 2. The van der Waals surface area contributed by atoms with Gasteiger partial charge in [-0.2, -0.15) is 0 Å². The Hall–Kier alpha value is -1.41. The van der Waals surface area contributed by atoms with Crippen LogP contribution >= 0.6 is 0 Å². The summed E-state index contributed by atoms with van der Waals surface area (Å²) in [5.41, 5.74) is 0.0338. The van der Waals surface area contributed by atoms with Gasteiger partial charge in [0.1, 0.15) is 5.60 Å². The van der Waals surface area contributed by atoms with Gasteiger partial charge >= 0.3 is 0 Å². The van der Waals surface area contributed by atoms with E-state index in [2.05, 4.69) is 19.9 Å². The van der Waals surface area contributed by atoms with Crippen LogP contribution in [-0.4, -0.2) is 16.5 Å². The summed E-state index contributed by atoms with van der Waals surface area (Å²) in [7, 11) is 0. The summed E-state index contributed by atoms with van der Waals surface area (Å²) < 4.78 is 0. The largest absolute Gasteiger partial charge is 0.377 e. The summed E-state index contributed by atoms with van der Waals surface area (Å²) in [5.74, 6) is 0.588. The number of benzene rings is 1. The van der Waals surface area contributed by atoms with E-state index in [0.717, 1.165) is 5.57 Å². The Morgan fingerprint density at radius 2 is 1.83 bits per heavy atom. The zero-order valence-corrected chi connectivity index (χ0v) is 14.7. The normalized spacial score (nSPS) is 19.6. The van der Waals surface area contributed by atoms with Crippen molar-refractivity contribution in [1.82, 2.24) is 0 Å². The Labute approximate surface area is 140 Å². The van der Waals surface area contributed by atoms with E-state index in [-0.39, 0.29) is 11.7 Å². The van der Waals surface area contributed by atoms with E-state index in [1.54, 1.807) is 12.1 Å². The molecule has 1 atom stereocenters. The van der Waals surface area contributed by atoms with E-state index in [9.17, 15) is 9.90 Å². The highest BCUT2D eigenvalue weighted by Crippen LogP contribution is 2.33. The maximum Gasteiger partial charge on any atom is 0.198 e. The zero-order chi connectivity index (χ0) is 16.9. The summed E-state index contributed by atoms with van der Waals surface area (Å²) in [6, 6.07) is 9.18. The lowest BCUT2D eigenvalue weighted by Gasteiger charge is -2.31. The maximum atomic E-state index is 13.0. The third-order valence-corrected chi connectivity index (χ3v) is 4.90. The molecule has 2 heteroatoms. The van der Waals surface area contributed by atoms with Crippen molar-refractivity contribution in [1.29, 1.82) is 0 Å². The van der Waals surface area contributed by atoms with E-state index in [1.165, 1.54) is 32.1 Å². The number of rotatable bonds is 6. The zero-order valence-electron chi connectivity index (χ0n) is 14.7. The molecule has 0 radical (unpaired) electrons. The number of carbonyl (C=O) groups is 1. The molecule has 1 saturated carbocycles. The van der Waals surface area contributed by atoms with Crippen LogP contribution in [0.25, 0.3) is 0 Å². The van der Waals surface area contributed by atoms with E-state index < -0.39 is 5.60 Å². The summed E-state index contributed by atoms with van der Waals surface area (Å²) in [5, 5.41) is 11.3. The molecule has 1 N–H and O–H groups in total. The molecule has 0 bridgehead atoms. The van der Waals surface area contributed by atoms with E-state index in [1.807, 2.05) is 25.1 Å². The van der Waals surface area contributed by atoms with Crippen molar-refractivity contribution < 1.29 is 9.90 Å². The molecule has 0 aromatic heterocycles. The van der Waals surface area contributed by atoms with Crippen LogP contribution in [0.5, 0.6) is 0 Å². The van der Waals surface area contributed by atoms with Crippen LogP contribution in [0.15, 0.2) is 42.0 Å². The second-order valence-electron chi connectivity index (χ2n) is 7.40. The second kappa shape index (κ2) is 7.92. The van der Waals surface area contributed by atoms with E-state index >= 15 is 0 Å². The van der Waals surface area contributed by atoms with Crippen molar-refractivity contribution in [2.24, 2.45) is 11.8 Å². The summed E-state index contributed by atoms with van der Waals surface area (Å²) >= 11 is 0. The number of ketones is 1. The molecule has 1 aliphatic carbocycles. The highest BCUT2D eigenvalue weighted by atomic mass is 16.3. The molecule has 0 spiro atoms. The summed E-state index contributed by atoms with van der Waals surface area (Å²) in [6.45, 7) is 6.03. The molecular weight excluding hydrogens is 284 g/mol. The smallest absolute Gasteiger partial charge is 0.198 e. The van der Waals surface area contributed by atoms with Gasteiger partial charge in [-0.3, -0.25) is 4.79 Å². The lowest BCUT2D eigenvalue weighted by Crippen LogP contribution is -2.41. The molecule has 1 fully saturated rings. The van der Waals surface area contributed by atoms with Gasteiger partial charge in [0, 0.05) is 5.56 Å². The quantitative estimate of drug-likeness (QED) is 0.581. The van der Waals surface area contributed by atoms with Crippen molar-refractivity contribution in [3.63, 3.8) is 0 Å². The lowest BCUT2D eigenvalue weighted by atomic mass is 9.77. The number of allylic oxidation sites excluding steroid dienone is 1. The minimum atomic E-state index is -1.38. The number of carbonyl (C=O) groups excluding carboxylic acids is 1. The second-order valence-corrected chi connectivity index (χ2v) is 7.40. The highest BCUT2D eigenvalue weighted by Gasteiger charge is 2.39. The highest BCUT2D eigenvalue weighted by molar-refractivity contribution is 6.04. The van der Waals surface area contributed by atoms with Crippen molar-refractivity contribution in [2.75, 3.05) is 0 Å². The van der Waals surface area contributed by atoms with Crippen LogP contribution in [0.1, 0.15) is 69.7 Å². The minimum Gasteiger partial charge on any atom is -0.377 e. The summed E-state index contributed by atoms with van der Waals surface area (Å²) in [6.07, 6.45) is 8.80. The van der Waals surface area contributed by atoms with Gasteiger partial charge in [0.25, 0.3) is 0 Å². The van der Waals surface area contributed by atoms with Crippen LogP contribution < -0.4 is 0 Å². The Balaban J connectivity index is 2.30. The first-order chi connectivity index (χ1) is 10.9. The Morgan fingerprint density at radius 3 is 2.39 bits per heavy atom. The van der Waals surface area contributed by atoms with Crippen molar-refractivity contribution in [3.8, 4) is 0 Å². The predicted octanol–water partition coefficient (Wildman–Crippen LogP) is 5.17. The Bertz CT molecular complexity index is 538. The van der Waals surface area contributed by atoms with Crippen LogP contribution in [0.2, 0.25) is 0 Å². The third kappa shape index (κ3) is 4.54. The lowest BCUT2D eigenvalue weighted by molar-refractivity contribution is 0.0390. The average molecular weight is 314 g/mol. The molecule has 0 amide bonds. The number of hydrogen-bond donors (Lipinski definition) is 1. The minimum absolute atomic E-state index is 0.170. The molecule has 23 heavy (non-hydrogen) atoms. The SMILES string of the molecule is C/C(=C\C1CCCCC1)[C@@](O)(CC(C)C)C(=O)c1ccccc1. The first-order valence-electron chi connectivity index (χ1n) is 8.94.